The molecule has 0 aliphatic heterocycles. The summed E-state index contributed by atoms with van der Waals surface area (Å²) in [5, 5.41) is 16.5. The van der Waals surface area contributed by atoms with Gasteiger partial charge in [-0.1, -0.05) is 35.9 Å². The largest absolute Gasteiger partial charge is 0.478 e. The van der Waals surface area contributed by atoms with E-state index in [1.165, 1.54) is 17.8 Å². The number of thiocarbonyl (C=S) groups is 1. The van der Waals surface area contributed by atoms with E-state index in [1.54, 1.807) is 18.2 Å². The number of hydrogen-bond donors (Lipinski definition) is 3. The highest BCUT2D eigenvalue weighted by Gasteiger charge is 2.06. The Labute approximate surface area is 140 Å². The molecule has 0 saturated heterocycles. The third-order valence-electron chi connectivity index (χ3n) is 3.19. The summed E-state index contributed by atoms with van der Waals surface area (Å²) in [5.74, 6) is -0.997. The molecule has 0 radical (unpaired) electrons. The van der Waals surface area contributed by atoms with Crippen LogP contribution in [-0.2, 0) is 0 Å². The molecule has 0 bridgehead atoms. The maximum absolute atomic E-state index is 11.1. The molecule has 0 unspecified atom stereocenters. The highest BCUT2D eigenvalue weighted by Crippen LogP contribution is 2.15. The van der Waals surface area contributed by atoms with Crippen molar-refractivity contribution < 1.29 is 9.90 Å². The number of benzene rings is 2. The zero-order chi connectivity index (χ0) is 16.8. The van der Waals surface area contributed by atoms with Crippen LogP contribution in [0.5, 0.6) is 0 Å². The van der Waals surface area contributed by atoms with E-state index >= 15 is 0 Å². The van der Waals surface area contributed by atoms with Gasteiger partial charge in [0.25, 0.3) is 0 Å². The number of rotatable bonds is 4. The third-order valence-corrected chi connectivity index (χ3v) is 3.38. The molecule has 5 nitrogen and oxygen atoms in total. The number of nitrogens with zero attached hydrogens (tertiary/aromatic N) is 1. The van der Waals surface area contributed by atoms with Crippen LogP contribution in [0.3, 0.4) is 0 Å². The second kappa shape index (κ2) is 7.51. The first kappa shape index (κ1) is 16.6. The Bertz CT molecular complexity index is 772. The first-order valence-corrected chi connectivity index (χ1v) is 7.38. The van der Waals surface area contributed by atoms with Crippen LogP contribution in [0, 0.1) is 13.8 Å². The van der Waals surface area contributed by atoms with Gasteiger partial charge in [0.1, 0.15) is 0 Å². The molecular formula is C17H17N3O2S. The quantitative estimate of drug-likeness (QED) is 0.456. The fourth-order valence-electron chi connectivity index (χ4n) is 2.07. The topological polar surface area (TPSA) is 73.7 Å². The van der Waals surface area contributed by atoms with Gasteiger partial charge in [-0.25, -0.2) is 4.79 Å². The number of anilines is 1. The van der Waals surface area contributed by atoms with Crippen LogP contribution in [0.4, 0.5) is 5.69 Å². The van der Waals surface area contributed by atoms with E-state index in [1.807, 2.05) is 26.0 Å². The predicted molar refractivity (Wildman–Crippen MR) is 96.3 cm³/mol. The van der Waals surface area contributed by atoms with E-state index < -0.39 is 5.97 Å². The Kier molecular flexibility index (Phi) is 5.43. The lowest BCUT2D eigenvalue weighted by Gasteiger charge is -2.10. The van der Waals surface area contributed by atoms with Crippen molar-refractivity contribution in [3.05, 3.63) is 64.7 Å². The molecule has 0 fully saturated rings. The normalized spacial score (nSPS) is 10.5. The van der Waals surface area contributed by atoms with Gasteiger partial charge in [0.15, 0.2) is 5.11 Å². The monoisotopic (exact) mass is 327 g/mol. The van der Waals surface area contributed by atoms with Gasteiger partial charge in [-0.15, -0.1) is 0 Å². The number of carbonyl (C=O) groups is 1. The summed E-state index contributed by atoms with van der Waals surface area (Å²) < 4.78 is 0. The number of hydrazone groups is 1. The van der Waals surface area contributed by atoms with Gasteiger partial charge in [-0.05, 0) is 43.8 Å². The summed E-state index contributed by atoms with van der Waals surface area (Å²) in [6.07, 6.45) is 1.43. The van der Waals surface area contributed by atoms with Crippen molar-refractivity contribution in [1.29, 1.82) is 0 Å². The third kappa shape index (κ3) is 4.62. The number of hydrogen-bond acceptors (Lipinski definition) is 3. The van der Waals surface area contributed by atoms with Crippen LogP contribution in [0.1, 0.15) is 27.0 Å². The summed E-state index contributed by atoms with van der Waals surface area (Å²) in [6, 6.07) is 12.6. The number of nitrogens with one attached hydrogen (secondary N) is 2. The molecule has 0 saturated carbocycles. The molecule has 0 atom stereocenters. The molecule has 118 valence electrons. The summed E-state index contributed by atoms with van der Waals surface area (Å²) in [6.45, 7) is 4.02. The molecule has 0 amide bonds. The standard InChI is InChI=1S/C17H17N3O2S/c1-11-7-8-15(12(2)9-11)19-17(23)20-18-10-13-5-3-4-6-14(13)16(21)22/h3-10H,1-2H3,(H,21,22)(H2,19,20,23)/b18-10-. The number of aryl methyl sites for hydroxylation is 2. The lowest BCUT2D eigenvalue weighted by Crippen LogP contribution is -2.24. The van der Waals surface area contributed by atoms with Crippen molar-refractivity contribution in [1.82, 2.24) is 5.43 Å². The summed E-state index contributed by atoms with van der Waals surface area (Å²) >= 11 is 5.18. The highest BCUT2D eigenvalue weighted by molar-refractivity contribution is 7.80. The lowest BCUT2D eigenvalue weighted by molar-refractivity contribution is 0.0697. The molecule has 0 aliphatic carbocycles. The number of aromatic carboxylic acids is 1. The van der Waals surface area contributed by atoms with Gasteiger partial charge in [0.2, 0.25) is 0 Å². The van der Waals surface area contributed by atoms with Crippen LogP contribution in [0.2, 0.25) is 0 Å². The fraction of sp³-hybridized carbons (Fsp3) is 0.118. The van der Waals surface area contributed by atoms with Crippen LogP contribution >= 0.6 is 12.2 Å². The van der Waals surface area contributed by atoms with Gasteiger partial charge in [-0.3, -0.25) is 5.43 Å². The first-order chi connectivity index (χ1) is 11.0. The Balaban J connectivity index is 2.00. The van der Waals surface area contributed by atoms with Gasteiger partial charge in [-0.2, -0.15) is 5.10 Å². The van der Waals surface area contributed by atoms with Crippen molar-refractivity contribution in [2.75, 3.05) is 5.32 Å². The Morgan fingerprint density at radius 1 is 1.22 bits per heavy atom. The second-order valence-electron chi connectivity index (χ2n) is 5.03. The fourth-order valence-corrected chi connectivity index (χ4v) is 2.23. The van der Waals surface area contributed by atoms with Crippen molar-refractivity contribution in [3.8, 4) is 0 Å². The molecule has 0 aromatic heterocycles. The van der Waals surface area contributed by atoms with Gasteiger partial charge < -0.3 is 10.4 Å². The average molecular weight is 327 g/mol. The van der Waals surface area contributed by atoms with Crippen molar-refractivity contribution >= 4 is 35.2 Å². The van der Waals surface area contributed by atoms with Gasteiger partial charge in [0.05, 0.1) is 11.8 Å². The average Bonchev–Trinajstić information content (AvgIpc) is 2.50. The minimum Gasteiger partial charge on any atom is -0.478 e. The van der Waals surface area contributed by atoms with Gasteiger partial charge >= 0.3 is 5.97 Å². The highest BCUT2D eigenvalue weighted by atomic mass is 32.1. The minimum absolute atomic E-state index is 0.186. The van der Waals surface area contributed by atoms with Crippen LogP contribution < -0.4 is 10.7 Å². The van der Waals surface area contributed by atoms with Crippen molar-refractivity contribution in [2.24, 2.45) is 5.10 Å². The smallest absolute Gasteiger partial charge is 0.336 e. The molecule has 0 spiro atoms. The first-order valence-electron chi connectivity index (χ1n) is 6.97. The minimum atomic E-state index is -0.997. The lowest BCUT2D eigenvalue weighted by atomic mass is 10.1. The number of carboxylic acids is 1. The zero-order valence-electron chi connectivity index (χ0n) is 12.8. The summed E-state index contributed by atoms with van der Waals surface area (Å²) in [5.41, 5.74) is 6.52. The Hall–Kier alpha value is -2.73. The molecule has 3 N–H and O–H groups in total. The molecule has 0 heterocycles. The maximum atomic E-state index is 11.1. The summed E-state index contributed by atoms with van der Waals surface area (Å²) in [4.78, 5) is 11.1. The van der Waals surface area contributed by atoms with Crippen molar-refractivity contribution in [3.63, 3.8) is 0 Å². The van der Waals surface area contributed by atoms with Crippen LogP contribution in [0.15, 0.2) is 47.6 Å². The molecule has 2 rings (SSSR count). The van der Waals surface area contributed by atoms with Crippen LogP contribution in [0.25, 0.3) is 0 Å². The van der Waals surface area contributed by atoms with E-state index in [9.17, 15) is 4.79 Å². The molecule has 2 aromatic carbocycles. The SMILES string of the molecule is Cc1ccc(NC(=S)N/N=C\c2ccccc2C(=O)O)c(C)c1. The zero-order valence-corrected chi connectivity index (χ0v) is 13.6. The predicted octanol–water partition coefficient (Wildman–Crippen LogP) is 3.32. The van der Waals surface area contributed by atoms with E-state index in [-0.39, 0.29) is 5.56 Å². The molecule has 0 aliphatic rings. The maximum Gasteiger partial charge on any atom is 0.336 e. The second-order valence-corrected chi connectivity index (χ2v) is 5.44. The van der Waals surface area contributed by atoms with Crippen molar-refractivity contribution in [2.45, 2.75) is 13.8 Å². The van der Waals surface area contributed by atoms with E-state index in [0.717, 1.165) is 11.3 Å². The van der Waals surface area contributed by atoms with E-state index in [2.05, 4.69) is 21.9 Å². The van der Waals surface area contributed by atoms with Gasteiger partial charge in [0, 0.05) is 11.3 Å². The van der Waals surface area contributed by atoms with E-state index in [4.69, 9.17) is 17.3 Å². The molecule has 2 aromatic rings. The Morgan fingerprint density at radius 3 is 2.65 bits per heavy atom. The van der Waals surface area contributed by atoms with Crippen LogP contribution in [-0.4, -0.2) is 22.4 Å². The molecule has 6 heteroatoms. The number of carboxylic acid groups (broad SMARTS) is 1. The Morgan fingerprint density at radius 2 is 1.96 bits per heavy atom. The summed E-state index contributed by atoms with van der Waals surface area (Å²) in [7, 11) is 0. The molecule has 23 heavy (non-hydrogen) atoms. The van der Waals surface area contributed by atoms with E-state index in [0.29, 0.717) is 10.7 Å². The molecular weight excluding hydrogens is 310 g/mol.